The van der Waals surface area contributed by atoms with Crippen LogP contribution in [0.5, 0.6) is 5.75 Å². The van der Waals surface area contributed by atoms with Gasteiger partial charge >= 0.3 is 12.2 Å². The molecule has 3 aliphatic rings. The fraction of sp³-hybridized carbons (Fsp3) is 0.467. The second-order valence-corrected chi connectivity index (χ2v) is 17.0. The van der Waals surface area contributed by atoms with Crippen molar-refractivity contribution in [1.82, 2.24) is 40.0 Å². The Morgan fingerprint density at radius 2 is 1.58 bits per heavy atom. The lowest BCUT2D eigenvalue weighted by Crippen LogP contribution is -2.54. The molecule has 2 saturated heterocycles. The molecule has 4 N–H and O–H groups in total. The number of hydrogen-bond donors (Lipinski definition) is 4. The maximum absolute atomic E-state index is 14.0. The molecular weight excluding hydrogens is 797 g/mol. The van der Waals surface area contributed by atoms with Crippen molar-refractivity contribution in [3.63, 3.8) is 0 Å². The summed E-state index contributed by atoms with van der Waals surface area (Å²) in [6.45, 7) is 8.93. The highest BCUT2D eigenvalue weighted by Crippen LogP contribution is 2.44. The zero-order valence-electron chi connectivity index (χ0n) is 36.2. The van der Waals surface area contributed by atoms with Crippen molar-refractivity contribution in [3.05, 3.63) is 65.9 Å². The number of nitrogens with one attached hydrogen (secondary N) is 3. The average Bonchev–Trinajstić information content (AvgIpc) is 4.09. The Kier molecular flexibility index (Phi) is 11.6. The number of imidazole rings is 2. The van der Waals surface area contributed by atoms with E-state index in [1.54, 1.807) is 29.8 Å². The number of aromatic amines is 2. The van der Waals surface area contributed by atoms with Gasteiger partial charge in [0.05, 0.1) is 54.3 Å². The number of aromatic nitrogens is 4. The maximum atomic E-state index is 14.0. The van der Waals surface area contributed by atoms with Gasteiger partial charge in [-0.2, -0.15) is 0 Å². The highest BCUT2D eigenvalue weighted by Gasteiger charge is 2.44. The molecule has 0 aliphatic carbocycles. The van der Waals surface area contributed by atoms with Gasteiger partial charge < -0.3 is 49.1 Å². The number of benzene rings is 3. The minimum Gasteiger partial charge on any atom is -0.488 e. The second kappa shape index (κ2) is 16.9. The molecule has 62 heavy (non-hydrogen) atoms. The molecule has 5 heterocycles. The number of hydrogen-bond acceptors (Lipinski definition) is 10. The summed E-state index contributed by atoms with van der Waals surface area (Å²) in [5, 5.41) is 14.3. The fourth-order valence-electron chi connectivity index (χ4n) is 9.37. The first-order chi connectivity index (χ1) is 29.7. The van der Waals surface area contributed by atoms with Gasteiger partial charge in [-0.15, -0.1) is 0 Å². The lowest BCUT2D eigenvalue weighted by atomic mass is 9.92. The molecule has 3 aliphatic heterocycles. The van der Waals surface area contributed by atoms with Crippen molar-refractivity contribution in [2.75, 3.05) is 41.5 Å². The zero-order valence-corrected chi connectivity index (χ0v) is 36.2. The highest BCUT2D eigenvalue weighted by atomic mass is 16.5. The third-order valence-corrected chi connectivity index (χ3v) is 12.8. The predicted molar refractivity (Wildman–Crippen MR) is 229 cm³/mol. The van der Waals surface area contributed by atoms with Crippen molar-refractivity contribution in [2.45, 2.75) is 83.5 Å². The van der Waals surface area contributed by atoms with Crippen molar-refractivity contribution in [3.8, 4) is 28.1 Å². The second-order valence-electron chi connectivity index (χ2n) is 17.0. The van der Waals surface area contributed by atoms with E-state index in [1.807, 2.05) is 18.2 Å². The summed E-state index contributed by atoms with van der Waals surface area (Å²) >= 11 is 0. The number of H-pyrrole nitrogens is 2. The summed E-state index contributed by atoms with van der Waals surface area (Å²) in [4.78, 5) is 73.3. The Morgan fingerprint density at radius 3 is 2.26 bits per heavy atom. The minimum absolute atomic E-state index is 0.178. The number of nitrogens with zero attached hydrogens (tertiary/aromatic N) is 5. The summed E-state index contributed by atoms with van der Waals surface area (Å²) in [6.07, 6.45) is 0.0237. The van der Waals surface area contributed by atoms with Crippen molar-refractivity contribution < 1.29 is 43.2 Å². The number of carbonyl (C=O) groups is 4. The Balaban J connectivity index is 1.05. The van der Waals surface area contributed by atoms with E-state index >= 15 is 0 Å². The van der Waals surface area contributed by atoms with E-state index in [2.05, 4.69) is 53.4 Å². The topological polar surface area (TPSA) is 205 Å². The number of carbonyl (C=O) groups excluding carboxylic acids is 3. The molecule has 0 saturated carbocycles. The van der Waals surface area contributed by atoms with Crippen LogP contribution in [0.3, 0.4) is 0 Å². The molecular formula is C45H54N8O9. The van der Waals surface area contributed by atoms with Crippen LogP contribution in [0.1, 0.15) is 69.8 Å². The molecule has 2 aromatic heterocycles. The number of methoxy groups -OCH3 is 3. The van der Waals surface area contributed by atoms with E-state index < -0.39 is 36.5 Å². The zero-order chi connectivity index (χ0) is 44.1. The summed E-state index contributed by atoms with van der Waals surface area (Å²) in [5.74, 6) is 1.86. The first-order valence-corrected chi connectivity index (χ1v) is 21.0. The molecule has 8 atom stereocenters. The predicted octanol–water partition coefficient (Wildman–Crippen LogP) is 6.26. The van der Waals surface area contributed by atoms with E-state index in [-0.39, 0.29) is 35.7 Å². The normalized spacial score (nSPS) is 21.5. The van der Waals surface area contributed by atoms with Gasteiger partial charge in [0.2, 0.25) is 11.8 Å². The number of likely N-dealkylation sites (N-methyl/N-ethyl adjacent to an activating group) is 1. The number of alkyl carbamates (subject to hydrolysis) is 1. The molecule has 8 rings (SSSR count). The fourth-order valence-corrected chi connectivity index (χ4v) is 9.37. The van der Waals surface area contributed by atoms with Gasteiger partial charge in [0.25, 0.3) is 0 Å². The summed E-state index contributed by atoms with van der Waals surface area (Å²) in [7, 11) is 5.62. The van der Waals surface area contributed by atoms with Crippen molar-refractivity contribution in [2.24, 2.45) is 11.8 Å². The number of likely N-dealkylation sites (tertiary alicyclic amines) is 2. The molecule has 17 nitrogen and oxygen atoms in total. The third-order valence-electron chi connectivity index (χ3n) is 12.8. The average molecular weight is 851 g/mol. The molecule has 0 spiro atoms. The molecule has 17 heteroatoms. The van der Waals surface area contributed by atoms with Gasteiger partial charge in [-0.3, -0.25) is 14.5 Å². The monoisotopic (exact) mass is 850 g/mol. The van der Waals surface area contributed by atoms with Gasteiger partial charge in [0.1, 0.15) is 36.1 Å². The quantitative estimate of drug-likeness (QED) is 0.117. The first-order valence-electron chi connectivity index (χ1n) is 21.0. The molecule has 3 aromatic carbocycles. The van der Waals surface area contributed by atoms with Gasteiger partial charge in [-0.25, -0.2) is 19.6 Å². The van der Waals surface area contributed by atoms with Gasteiger partial charge in [0.15, 0.2) is 0 Å². The van der Waals surface area contributed by atoms with E-state index in [0.717, 1.165) is 60.4 Å². The third kappa shape index (κ3) is 7.67. The van der Waals surface area contributed by atoms with Crippen LogP contribution in [0.25, 0.3) is 44.2 Å². The molecule has 0 bridgehead atoms. The van der Waals surface area contributed by atoms with Gasteiger partial charge in [0, 0.05) is 45.3 Å². The SMILES string of the molecule is COC(=O)N[C@H](C(=O)N1C[C@@H](C)C[C@H]1c1ncc(-c2ccc3c(c2)COc2cc4c(ccc5nc([C@@H]6C[C@H](C)CN6C(=O)[C@H]([C@@H](C)OC)N(C)C(=O)O)[nH]c54)cc2-3)[nH]1)[C@@H](C)OC. The Bertz CT molecular complexity index is 2540. The van der Waals surface area contributed by atoms with Crippen molar-refractivity contribution >= 4 is 45.8 Å². The molecule has 4 amide bonds. The largest absolute Gasteiger partial charge is 0.488 e. The van der Waals surface area contributed by atoms with Crippen LogP contribution in [0.15, 0.2) is 48.7 Å². The summed E-state index contributed by atoms with van der Waals surface area (Å²) in [5.41, 5.74) is 6.35. The van der Waals surface area contributed by atoms with Crippen LogP contribution in [0, 0.1) is 11.8 Å². The molecule has 328 valence electrons. The van der Waals surface area contributed by atoms with E-state index in [9.17, 15) is 24.3 Å². The Hall–Kier alpha value is -6.20. The number of rotatable bonds is 11. The number of carboxylic acid groups (broad SMARTS) is 1. The lowest BCUT2D eigenvalue weighted by molar-refractivity contribution is -0.141. The van der Waals surface area contributed by atoms with Crippen LogP contribution in [0.4, 0.5) is 9.59 Å². The van der Waals surface area contributed by atoms with Crippen LogP contribution in [-0.4, -0.2) is 130 Å². The van der Waals surface area contributed by atoms with Crippen LogP contribution in [0.2, 0.25) is 0 Å². The number of fused-ring (bicyclic) bond motifs is 6. The van der Waals surface area contributed by atoms with Crippen LogP contribution < -0.4 is 10.1 Å². The van der Waals surface area contributed by atoms with Gasteiger partial charge in [-0.05, 0) is 84.9 Å². The van der Waals surface area contributed by atoms with Crippen LogP contribution >= 0.6 is 0 Å². The lowest BCUT2D eigenvalue weighted by Gasteiger charge is -2.34. The number of amides is 4. The Morgan fingerprint density at radius 1 is 0.887 bits per heavy atom. The Labute approximate surface area is 359 Å². The standard InChI is InChI=1S/C45H54N8O9/c1-22-13-34(52(19-22)42(54)37(24(3)59-6)50-44(56)61-8)40-46-18-33(48-40)27-9-11-29-28(15-27)21-62-36-17-30-26(16-31(29)36)10-12-32-38(30)49-41(47-32)35-14-23(2)20-53(35)43(55)39(25(4)60-7)51(5)45(57)58/h9-12,15-18,22-25,34-35,37,39H,13-14,19-21H2,1-8H3,(H,46,48)(H,47,49)(H,50,56)(H,57,58)/t22-,23-,24+,25+,34-,35-,37-,39-/m0/s1. The van der Waals surface area contributed by atoms with Crippen molar-refractivity contribution in [1.29, 1.82) is 0 Å². The molecule has 2 fully saturated rings. The molecule has 0 unspecified atom stereocenters. The minimum atomic E-state index is -1.20. The van der Waals surface area contributed by atoms with E-state index in [0.29, 0.717) is 44.2 Å². The van der Waals surface area contributed by atoms with E-state index in [1.165, 1.54) is 28.4 Å². The molecule has 5 aromatic rings. The number of ether oxygens (including phenoxy) is 4. The smallest absolute Gasteiger partial charge is 0.407 e. The maximum Gasteiger partial charge on any atom is 0.407 e. The van der Waals surface area contributed by atoms with Gasteiger partial charge in [-0.1, -0.05) is 32.0 Å². The summed E-state index contributed by atoms with van der Waals surface area (Å²) < 4.78 is 22.1. The van der Waals surface area contributed by atoms with Crippen LogP contribution in [-0.2, 0) is 30.4 Å². The van der Waals surface area contributed by atoms with E-state index in [4.69, 9.17) is 28.9 Å². The highest BCUT2D eigenvalue weighted by molar-refractivity contribution is 6.07. The molecule has 0 radical (unpaired) electrons. The summed E-state index contributed by atoms with van der Waals surface area (Å²) in [6, 6.07) is 11.8. The first kappa shape index (κ1) is 42.5.